The largest absolute Gasteiger partial charge is 0.492 e. The summed E-state index contributed by atoms with van der Waals surface area (Å²) in [5.41, 5.74) is 1.12. The number of ether oxygens (including phenoxy) is 1. The second kappa shape index (κ2) is 8.07. The number of hydrogen-bond donors (Lipinski definition) is 1. The van der Waals surface area contributed by atoms with E-state index in [9.17, 15) is 0 Å². The van der Waals surface area contributed by atoms with E-state index in [2.05, 4.69) is 43.9 Å². The van der Waals surface area contributed by atoms with E-state index >= 15 is 0 Å². The highest BCUT2D eigenvalue weighted by Gasteiger charge is 1.99. The minimum Gasteiger partial charge on any atom is -0.492 e. The number of benzene rings is 1. The van der Waals surface area contributed by atoms with Gasteiger partial charge in [-0.2, -0.15) is 0 Å². The molecule has 0 saturated carbocycles. The summed E-state index contributed by atoms with van der Waals surface area (Å²) in [6, 6.07) is 7.88. The van der Waals surface area contributed by atoms with Crippen LogP contribution >= 0.6 is 15.9 Å². The van der Waals surface area contributed by atoms with Gasteiger partial charge in [-0.15, -0.1) is 0 Å². The van der Waals surface area contributed by atoms with Gasteiger partial charge in [-0.1, -0.05) is 28.9 Å². The van der Waals surface area contributed by atoms with E-state index in [4.69, 9.17) is 4.74 Å². The summed E-state index contributed by atoms with van der Waals surface area (Å²) in [5, 5.41) is 3.30. The fraction of sp³-hybridized carbons (Fsp3) is 0.400. The Labute approximate surface area is 128 Å². The Balaban J connectivity index is 1.74. The molecule has 1 heterocycles. The summed E-state index contributed by atoms with van der Waals surface area (Å²) < 4.78 is 8.81. The summed E-state index contributed by atoms with van der Waals surface area (Å²) in [5.74, 6) is 0.881. The number of likely N-dealkylation sites (N-methyl/N-ethyl adjacent to an activating group) is 1. The molecule has 0 fully saturated rings. The summed E-state index contributed by atoms with van der Waals surface area (Å²) in [6.07, 6.45) is 4.92. The number of nitrogens with one attached hydrogen (secondary N) is 1. The van der Waals surface area contributed by atoms with Crippen LogP contribution in [0.3, 0.4) is 0 Å². The first kappa shape index (κ1) is 15.1. The molecule has 0 bridgehead atoms. The van der Waals surface area contributed by atoms with Crippen molar-refractivity contribution in [1.29, 1.82) is 0 Å². The Morgan fingerprint density at radius 2 is 2.30 bits per heavy atom. The Morgan fingerprint density at radius 1 is 1.40 bits per heavy atom. The summed E-state index contributed by atoms with van der Waals surface area (Å²) >= 11 is 3.43. The van der Waals surface area contributed by atoms with Crippen molar-refractivity contribution >= 4 is 15.9 Å². The zero-order valence-electron chi connectivity index (χ0n) is 11.7. The van der Waals surface area contributed by atoms with Gasteiger partial charge in [-0.3, -0.25) is 0 Å². The van der Waals surface area contributed by atoms with Crippen LogP contribution in [0.4, 0.5) is 0 Å². The number of aromatic nitrogens is 2. The van der Waals surface area contributed by atoms with Crippen LogP contribution in [0, 0.1) is 0 Å². The summed E-state index contributed by atoms with van der Waals surface area (Å²) in [4.78, 5) is 4.39. The van der Waals surface area contributed by atoms with E-state index in [1.165, 1.54) is 0 Å². The molecule has 0 spiro atoms. The molecule has 0 aliphatic heterocycles. The molecule has 0 aliphatic rings. The number of halogens is 1. The first-order chi connectivity index (χ1) is 9.78. The molecule has 4 nitrogen and oxygen atoms in total. The molecule has 0 radical (unpaired) electrons. The maximum atomic E-state index is 5.71. The third kappa shape index (κ3) is 4.98. The maximum Gasteiger partial charge on any atom is 0.120 e. The van der Waals surface area contributed by atoms with Gasteiger partial charge in [-0.05, 0) is 24.7 Å². The first-order valence-electron chi connectivity index (χ1n) is 6.87. The van der Waals surface area contributed by atoms with Crippen molar-refractivity contribution in [2.45, 2.75) is 19.9 Å². The van der Waals surface area contributed by atoms with Crippen molar-refractivity contribution in [3.05, 3.63) is 47.0 Å². The van der Waals surface area contributed by atoms with Crippen molar-refractivity contribution in [2.75, 3.05) is 19.7 Å². The highest BCUT2D eigenvalue weighted by molar-refractivity contribution is 9.10. The molecule has 0 unspecified atom stereocenters. The summed E-state index contributed by atoms with van der Waals surface area (Å²) in [6.45, 7) is 5.53. The molecule has 2 aromatic rings. The quantitative estimate of drug-likeness (QED) is 0.753. The molecule has 1 aromatic carbocycles. The van der Waals surface area contributed by atoms with Crippen LogP contribution in [-0.4, -0.2) is 29.2 Å². The van der Waals surface area contributed by atoms with Crippen LogP contribution in [-0.2, 0) is 13.0 Å². The second-order valence-electron chi connectivity index (χ2n) is 4.51. The van der Waals surface area contributed by atoms with Crippen LogP contribution in [0.25, 0.3) is 0 Å². The van der Waals surface area contributed by atoms with Crippen molar-refractivity contribution < 1.29 is 4.74 Å². The van der Waals surface area contributed by atoms with Crippen molar-refractivity contribution in [3.63, 3.8) is 0 Å². The lowest BCUT2D eigenvalue weighted by Crippen LogP contribution is -2.16. The van der Waals surface area contributed by atoms with Gasteiger partial charge in [-0.25, -0.2) is 4.98 Å². The molecule has 1 aromatic heterocycles. The Hall–Kier alpha value is -1.33. The van der Waals surface area contributed by atoms with Gasteiger partial charge in [0, 0.05) is 23.6 Å². The fourth-order valence-corrected chi connectivity index (χ4v) is 2.25. The predicted octanol–water partition coefficient (Wildman–Crippen LogP) is 2.88. The van der Waals surface area contributed by atoms with Crippen LogP contribution < -0.4 is 10.1 Å². The molecule has 5 heteroatoms. The Kier molecular flexibility index (Phi) is 6.08. The molecular weight excluding hydrogens is 318 g/mol. The lowest BCUT2D eigenvalue weighted by Gasteiger charge is -2.06. The molecule has 2 rings (SSSR count). The molecule has 0 atom stereocenters. The van der Waals surface area contributed by atoms with Gasteiger partial charge in [0.1, 0.15) is 12.4 Å². The van der Waals surface area contributed by atoms with Gasteiger partial charge >= 0.3 is 0 Å². The topological polar surface area (TPSA) is 39.1 Å². The molecule has 108 valence electrons. The number of rotatable bonds is 8. The third-order valence-electron chi connectivity index (χ3n) is 2.91. The monoisotopic (exact) mass is 337 g/mol. The van der Waals surface area contributed by atoms with Crippen LogP contribution in [0.5, 0.6) is 5.75 Å². The van der Waals surface area contributed by atoms with E-state index < -0.39 is 0 Å². The van der Waals surface area contributed by atoms with Gasteiger partial charge in [0.15, 0.2) is 0 Å². The molecular formula is C15H20BrN3O. The van der Waals surface area contributed by atoms with Gasteiger partial charge < -0.3 is 14.6 Å². The number of imidazole rings is 1. The highest BCUT2D eigenvalue weighted by Crippen LogP contribution is 2.17. The van der Waals surface area contributed by atoms with Crippen molar-refractivity contribution in [2.24, 2.45) is 0 Å². The maximum absolute atomic E-state index is 5.71. The lowest BCUT2D eigenvalue weighted by molar-refractivity contribution is 0.298. The van der Waals surface area contributed by atoms with Crippen molar-refractivity contribution in [1.82, 2.24) is 14.9 Å². The minimum atomic E-state index is 0.638. The van der Waals surface area contributed by atoms with E-state index in [0.29, 0.717) is 6.61 Å². The zero-order chi connectivity index (χ0) is 14.2. The molecule has 1 N–H and O–H groups in total. The predicted molar refractivity (Wildman–Crippen MR) is 84.1 cm³/mol. The molecule has 20 heavy (non-hydrogen) atoms. The van der Waals surface area contributed by atoms with Gasteiger partial charge in [0.25, 0.3) is 0 Å². The standard InChI is InChI=1S/C15H20BrN3O/c1-2-17-7-6-14-11-19(12-18-14)8-9-20-15-5-3-4-13(16)10-15/h3-5,10-12,17H,2,6-9H2,1H3. The van der Waals surface area contributed by atoms with Crippen LogP contribution in [0.15, 0.2) is 41.3 Å². The average Bonchev–Trinajstić information content (AvgIpc) is 2.87. The Morgan fingerprint density at radius 3 is 3.10 bits per heavy atom. The number of hydrogen-bond acceptors (Lipinski definition) is 3. The smallest absolute Gasteiger partial charge is 0.120 e. The number of nitrogens with zero attached hydrogens (tertiary/aromatic N) is 2. The average molecular weight is 338 g/mol. The zero-order valence-corrected chi connectivity index (χ0v) is 13.3. The first-order valence-corrected chi connectivity index (χ1v) is 7.67. The van der Waals surface area contributed by atoms with Gasteiger partial charge in [0.2, 0.25) is 0 Å². The minimum absolute atomic E-state index is 0.638. The molecule has 0 aliphatic carbocycles. The normalized spacial score (nSPS) is 10.7. The van der Waals surface area contributed by atoms with Crippen LogP contribution in [0.1, 0.15) is 12.6 Å². The molecule has 0 saturated heterocycles. The lowest BCUT2D eigenvalue weighted by atomic mass is 10.3. The van der Waals surface area contributed by atoms with E-state index in [0.717, 1.165) is 42.0 Å². The summed E-state index contributed by atoms with van der Waals surface area (Å²) in [7, 11) is 0. The highest BCUT2D eigenvalue weighted by atomic mass is 79.9. The SMILES string of the molecule is CCNCCc1cn(CCOc2cccc(Br)c2)cn1. The Bertz CT molecular complexity index is 527. The molecule has 0 amide bonds. The van der Waals surface area contributed by atoms with Crippen LogP contribution in [0.2, 0.25) is 0 Å². The van der Waals surface area contributed by atoms with E-state index in [1.54, 1.807) is 0 Å². The van der Waals surface area contributed by atoms with E-state index in [1.807, 2.05) is 30.6 Å². The second-order valence-corrected chi connectivity index (χ2v) is 5.43. The van der Waals surface area contributed by atoms with E-state index in [-0.39, 0.29) is 0 Å². The van der Waals surface area contributed by atoms with Gasteiger partial charge in [0.05, 0.1) is 18.6 Å². The van der Waals surface area contributed by atoms with Crippen molar-refractivity contribution in [3.8, 4) is 5.75 Å². The third-order valence-corrected chi connectivity index (χ3v) is 3.40. The fourth-order valence-electron chi connectivity index (χ4n) is 1.88.